The van der Waals surface area contributed by atoms with Crippen LogP contribution in [0.2, 0.25) is 0 Å². The number of hydrogen-bond acceptors (Lipinski definition) is 4. The monoisotopic (exact) mass is 216 g/mol. The Morgan fingerprint density at radius 2 is 2.07 bits per heavy atom. The van der Waals surface area contributed by atoms with Crippen LogP contribution in [0.3, 0.4) is 0 Å². The van der Waals surface area contributed by atoms with Crippen LogP contribution < -0.4 is 0 Å². The van der Waals surface area contributed by atoms with Crippen molar-refractivity contribution in [2.24, 2.45) is 5.41 Å². The number of methoxy groups -OCH3 is 1. The molecule has 0 saturated carbocycles. The van der Waals surface area contributed by atoms with E-state index in [-0.39, 0.29) is 6.61 Å². The van der Waals surface area contributed by atoms with Crippen molar-refractivity contribution in [2.75, 3.05) is 13.7 Å². The molecule has 0 aromatic heterocycles. The molecule has 4 heteroatoms. The third-order valence-corrected chi connectivity index (χ3v) is 2.22. The van der Waals surface area contributed by atoms with Crippen molar-refractivity contribution in [3.05, 3.63) is 12.2 Å². The summed E-state index contributed by atoms with van der Waals surface area (Å²) in [5, 5.41) is 9.48. The lowest BCUT2D eigenvalue weighted by atomic mass is 9.89. The molecule has 0 aliphatic heterocycles. The van der Waals surface area contributed by atoms with Gasteiger partial charge in [-0.1, -0.05) is 20.4 Å². The Morgan fingerprint density at radius 3 is 2.47 bits per heavy atom. The van der Waals surface area contributed by atoms with Crippen molar-refractivity contribution in [3.63, 3.8) is 0 Å². The van der Waals surface area contributed by atoms with Gasteiger partial charge in [0.1, 0.15) is 0 Å². The second-order valence-electron chi connectivity index (χ2n) is 4.24. The lowest BCUT2D eigenvalue weighted by Gasteiger charge is -2.28. The zero-order chi connectivity index (χ0) is 12.1. The van der Waals surface area contributed by atoms with Gasteiger partial charge in [-0.15, -0.1) is 0 Å². The fourth-order valence-corrected chi connectivity index (χ4v) is 0.972. The second kappa shape index (κ2) is 5.88. The molecule has 4 nitrogen and oxygen atoms in total. The van der Waals surface area contributed by atoms with Crippen molar-refractivity contribution >= 4 is 5.97 Å². The Labute approximate surface area is 90.9 Å². The topological polar surface area (TPSA) is 55.8 Å². The minimum absolute atomic E-state index is 0.249. The first-order valence-electron chi connectivity index (χ1n) is 4.84. The van der Waals surface area contributed by atoms with E-state index in [1.54, 1.807) is 6.92 Å². The number of aliphatic hydroxyl groups is 1. The van der Waals surface area contributed by atoms with Crippen LogP contribution in [0.15, 0.2) is 12.2 Å². The van der Waals surface area contributed by atoms with Crippen molar-refractivity contribution in [1.82, 2.24) is 0 Å². The lowest BCUT2D eigenvalue weighted by Crippen LogP contribution is -2.32. The van der Waals surface area contributed by atoms with Crippen LogP contribution in [-0.4, -0.2) is 31.1 Å². The molecule has 0 rings (SSSR count). The average Bonchev–Trinajstić information content (AvgIpc) is 2.15. The number of carbonyl (C=O) groups excluding carboxylic acids is 1. The number of rotatable bonds is 6. The summed E-state index contributed by atoms with van der Waals surface area (Å²) in [6.45, 7) is 9.00. The van der Waals surface area contributed by atoms with Gasteiger partial charge in [0.2, 0.25) is 0 Å². The quantitative estimate of drug-likeness (QED) is 0.415. The molecule has 0 aliphatic carbocycles. The summed E-state index contributed by atoms with van der Waals surface area (Å²) < 4.78 is 9.75. The maximum Gasteiger partial charge on any atom is 0.333 e. The van der Waals surface area contributed by atoms with Gasteiger partial charge in [-0.2, -0.15) is 0 Å². The Kier molecular flexibility index (Phi) is 5.54. The van der Waals surface area contributed by atoms with Crippen LogP contribution in [0.5, 0.6) is 0 Å². The highest BCUT2D eigenvalue weighted by atomic mass is 16.6. The minimum atomic E-state index is -0.860. The smallest absolute Gasteiger partial charge is 0.333 e. The Hall–Kier alpha value is -0.870. The highest BCUT2D eigenvalue weighted by Crippen LogP contribution is 2.25. The van der Waals surface area contributed by atoms with E-state index in [0.29, 0.717) is 12.0 Å². The molecule has 1 N–H and O–H groups in total. The molecular formula is C11H20O4. The largest absolute Gasteiger partial charge is 0.462 e. The van der Waals surface area contributed by atoms with Gasteiger partial charge < -0.3 is 14.6 Å². The van der Waals surface area contributed by atoms with E-state index in [1.807, 2.05) is 13.8 Å². The molecule has 0 fully saturated rings. The van der Waals surface area contributed by atoms with Crippen LogP contribution in [0.1, 0.15) is 27.2 Å². The lowest BCUT2D eigenvalue weighted by molar-refractivity contribution is -0.157. The molecule has 0 aliphatic rings. The van der Waals surface area contributed by atoms with E-state index in [2.05, 4.69) is 6.58 Å². The van der Waals surface area contributed by atoms with Gasteiger partial charge in [0.15, 0.2) is 6.29 Å². The first-order chi connectivity index (χ1) is 6.81. The zero-order valence-corrected chi connectivity index (χ0v) is 9.87. The van der Waals surface area contributed by atoms with Crippen LogP contribution in [-0.2, 0) is 14.3 Å². The number of hydrogen-bond donors (Lipinski definition) is 1. The first kappa shape index (κ1) is 14.1. The summed E-state index contributed by atoms with van der Waals surface area (Å²) in [6.07, 6.45) is -0.331. The van der Waals surface area contributed by atoms with Crippen molar-refractivity contribution in [1.29, 1.82) is 0 Å². The summed E-state index contributed by atoms with van der Waals surface area (Å²) in [7, 11) is 1.44. The van der Waals surface area contributed by atoms with Crippen LogP contribution >= 0.6 is 0 Å². The Morgan fingerprint density at radius 1 is 1.53 bits per heavy atom. The molecule has 0 radical (unpaired) electrons. The average molecular weight is 216 g/mol. The molecule has 0 bridgehead atoms. The highest BCUT2D eigenvalue weighted by Gasteiger charge is 2.27. The van der Waals surface area contributed by atoms with Crippen molar-refractivity contribution in [2.45, 2.75) is 33.5 Å². The van der Waals surface area contributed by atoms with Gasteiger partial charge in [-0.25, -0.2) is 4.79 Å². The molecule has 0 aromatic carbocycles. The molecule has 1 atom stereocenters. The van der Waals surface area contributed by atoms with Crippen molar-refractivity contribution in [3.8, 4) is 0 Å². The maximum atomic E-state index is 11.1. The number of esters is 1. The van der Waals surface area contributed by atoms with E-state index >= 15 is 0 Å². The third-order valence-electron chi connectivity index (χ3n) is 2.22. The molecule has 15 heavy (non-hydrogen) atoms. The molecule has 0 aromatic rings. The van der Waals surface area contributed by atoms with Gasteiger partial charge in [-0.05, 0) is 13.3 Å². The molecule has 0 heterocycles. The molecule has 88 valence electrons. The van der Waals surface area contributed by atoms with E-state index in [9.17, 15) is 9.90 Å². The summed E-state index contributed by atoms with van der Waals surface area (Å²) in [5.41, 5.74) is -0.0653. The maximum absolute atomic E-state index is 11.1. The van der Waals surface area contributed by atoms with E-state index in [0.717, 1.165) is 0 Å². The summed E-state index contributed by atoms with van der Waals surface area (Å²) in [4.78, 5) is 11.1. The second-order valence-corrected chi connectivity index (χ2v) is 4.24. The van der Waals surface area contributed by atoms with Crippen LogP contribution in [0.4, 0.5) is 0 Å². The fourth-order valence-electron chi connectivity index (χ4n) is 0.972. The normalized spacial score (nSPS) is 13.4. The standard InChI is InChI=1S/C11H20O4/c1-8(2)9(12)15-7-6-11(3,4)10(13)14-5/h10,13H,1,6-7H2,2-5H3. The number of aliphatic hydroxyl groups excluding tert-OH is 1. The molecule has 0 saturated heterocycles. The summed E-state index contributed by atoms with van der Waals surface area (Å²) in [6, 6.07) is 0. The van der Waals surface area contributed by atoms with Gasteiger partial charge >= 0.3 is 5.97 Å². The van der Waals surface area contributed by atoms with Gasteiger partial charge in [0.25, 0.3) is 0 Å². The fraction of sp³-hybridized carbons (Fsp3) is 0.727. The molecule has 0 amide bonds. The van der Waals surface area contributed by atoms with Crippen molar-refractivity contribution < 1.29 is 19.4 Å². The molecule has 0 spiro atoms. The van der Waals surface area contributed by atoms with Crippen LogP contribution in [0, 0.1) is 5.41 Å². The Balaban J connectivity index is 3.95. The van der Waals surface area contributed by atoms with Crippen LogP contribution in [0.25, 0.3) is 0 Å². The first-order valence-corrected chi connectivity index (χ1v) is 4.84. The number of ether oxygens (including phenoxy) is 2. The Bertz CT molecular complexity index is 233. The van der Waals surface area contributed by atoms with E-state index < -0.39 is 17.7 Å². The van der Waals surface area contributed by atoms with E-state index in [4.69, 9.17) is 9.47 Å². The molecular weight excluding hydrogens is 196 g/mol. The summed E-state index contributed by atoms with van der Waals surface area (Å²) in [5.74, 6) is -0.405. The SMILES string of the molecule is C=C(C)C(=O)OCCC(C)(C)C(O)OC. The van der Waals surface area contributed by atoms with Gasteiger partial charge in [0, 0.05) is 18.1 Å². The predicted molar refractivity (Wildman–Crippen MR) is 57.2 cm³/mol. The minimum Gasteiger partial charge on any atom is -0.462 e. The third kappa shape index (κ3) is 4.95. The summed E-state index contributed by atoms with van der Waals surface area (Å²) >= 11 is 0. The van der Waals surface area contributed by atoms with Gasteiger partial charge in [-0.3, -0.25) is 0 Å². The van der Waals surface area contributed by atoms with Gasteiger partial charge in [0.05, 0.1) is 6.61 Å². The van der Waals surface area contributed by atoms with E-state index in [1.165, 1.54) is 7.11 Å². The highest BCUT2D eigenvalue weighted by molar-refractivity contribution is 5.86. The molecule has 1 unspecified atom stereocenters. The zero-order valence-electron chi connectivity index (χ0n) is 9.87. The number of carbonyl (C=O) groups is 1. The predicted octanol–water partition coefficient (Wildman–Crippen LogP) is 1.49.